The molecule has 0 atom stereocenters. The van der Waals surface area contributed by atoms with Crippen molar-refractivity contribution in [2.75, 3.05) is 0 Å². The molecule has 0 amide bonds. The zero-order chi connectivity index (χ0) is 24.0. The molecule has 8 heteroatoms. The summed E-state index contributed by atoms with van der Waals surface area (Å²) in [5.74, 6) is 0.0623. The van der Waals surface area contributed by atoms with Gasteiger partial charge in [0.2, 0.25) is 5.78 Å². The maximum absolute atomic E-state index is 13.4. The number of benzene rings is 2. The summed E-state index contributed by atoms with van der Waals surface area (Å²) >= 11 is 1.30. The van der Waals surface area contributed by atoms with E-state index in [9.17, 15) is 14.4 Å². The minimum absolute atomic E-state index is 0.179. The van der Waals surface area contributed by atoms with E-state index in [1.807, 2.05) is 63.2 Å². The maximum Gasteiger partial charge on any atom is 0.352 e. The lowest BCUT2D eigenvalue weighted by atomic mass is 9.98. The van der Waals surface area contributed by atoms with Crippen LogP contribution in [0, 0.1) is 20.8 Å². The molecule has 5 rings (SSSR count). The van der Waals surface area contributed by atoms with Crippen LogP contribution in [0.3, 0.4) is 0 Å². The average molecular weight is 473 g/mol. The van der Waals surface area contributed by atoms with E-state index >= 15 is 0 Å². The molecule has 0 aliphatic rings. The number of nitrogens with zero attached hydrogens (tertiary/aromatic N) is 4. The average Bonchev–Trinajstić information content (AvgIpc) is 3.42. The molecule has 172 valence electrons. The van der Waals surface area contributed by atoms with Crippen molar-refractivity contribution in [1.29, 1.82) is 0 Å². The van der Waals surface area contributed by atoms with E-state index in [-0.39, 0.29) is 23.7 Å². The van der Waals surface area contributed by atoms with Crippen LogP contribution in [0.2, 0.25) is 0 Å². The molecule has 0 saturated heterocycles. The summed E-state index contributed by atoms with van der Waals surface area (Å²) in [5.41, 5.74) is 4.57. The number of Topliss-reactive ketones (excluding diaryl/α,β-unsaturated/α-hetero) is 1. The summed E-state index contributed by atoms with van der Waals surface area (Å²) in [6.45, 7) is 6.04. The second-order valence-electron chi connectivity index (χ2n) is 8.58. The molecule has 0 fully saturated rings. The highest BCUT2D eigenvalue weighted by Gasteiger charge is 2.20. The van der Waals surface area contributed by atoms with Gasteiger partial charge >= 0.3 is 5.69 Å². The van der Waals surface area contributed by atoms with Crippen LogP contribution in [-0.2, 0) is 19.5 Å². The Bertz CT molecular complexity index is 1670. The Morgan fingerprint density at radius 2 is 1.71 bits per heavy atom. The number of hydrogen-bond donors (Lipinski definition) is 0. The maximum atomic E-state index is 13.4. The second-order valence-corrected chi connectivity index (χ2v) is 9.49. The lowest BCUT2D eigenvalue weighted by molar-refractivity contribution is 0.0965. The van der Waals surface area contributed by atoms with Gasteiger partial charge in [-0.15, -0.1) is 16.4 Å². The molecule has 2 aromatic carbocycles. The summed E-state index contributed by atoms with van der Waals surface area (Å²) in [5, 5.41) is 6.26. The van der Waals surface area contributed by atoms with Crippen LogP contribution in [0.5, 0.6) is 0 Å². The van der Waals surface area contributed by atoms with Gasteiger partial charge in [-0.05, 0) is 67.0 Å². The number of rotatable bonds is 6. The Balaban J connectivity index is 1.60. The number of aryl methyl sites for hydroxylation is 5. The van der Waals surface area contributed by atoms with Crippen molar-refractivity contribution >= 4 is 33.1 Å². The van der Waals surface area contributed by atoms with E-state index in [0.717, 1.165) is 22.3 Å². The number of ketones is 1. The van der Waals surface area contributed by atoms with E-state index in [4.69, 9.17) is 0 Å². The van der Waals surface area contributed by atoms with Crippen molar-refractivity contribution in [2.45, 2.75) is 40.3 Å². The summed E-state index contributed by atoms with van der Waals surface area (Å²) in [6, 6.07) is 15.4. The van der Waals surface area contributed by atoms with E-state index in [1.54, 1.807) is 11.4 Å². The van der Waals surface area contributed by atoms with E-state index in [2.05, 4.69) is 5.10 Å². The molecule has 0 N–H and O–H groups in total. The van der Waals surface area contributed by atoms with Gasteiger partial charge in [0.1, 0.15) is 11.2 Å². The second kappa shape index (κ2) is 8.53. The fourth-order valence-corrected chi connectivity index (χ4v) is 5.13. The smallest absolute Gasteiger partial charge is 0.292 e. The molecule has 0 bridgehead atoms. The lowest BCUT2D eigenvalue weighted by Gasteiger charge is -2.08. The Morgan fingerprint density at radius 3 is 2.47 bits per heavy atom. The van der Waals surface area contributed by atoms with Crippen LogP contribution in [0.25, 0.3) is 16.0 Å². The molecule has 3 heterocycles. The summed E-state index contributed by atoms with van der Waals surface area (Å²) in [7, 11) is 0. The first-order chi connectivity index (χ1) is 16.3. The molecule has 7 nitrogen and oxygen atoms in total. The summed E-state index contributed by atoms with van der Waals surface area (Å²) < 4.78 is 4.65. The van der Waals surface area contributed by atoms with Crippen LogP contribution < -0.4 is 11.2 Å². The molecule has 0 unspecified atom stereocenters. The van der Waals surface area contributed by atoms with Gasteiger partial charge < -0.3 is 0 Å². The molecule has 3 aromatic heterocycles. The first-order valence-electron chi connectivity index (χ1n) is 11.1. The van der Waals surface area contributed by atoms with Crippen LogP contribution in [0.4, 0.5) is 0 Å². The monoisotopic (exact) mass is 472 g/mol. The standard InChI is InChI=1S/C26H24N4O3S/c1-16-13-18(3)20(14-17(16)2)22(31)15-29-26(33)30-21-10-12-34-23(21)24(32)28(25(30)27-29)11-9-19-7-5-4-6-8-19/h4-8,10,12-14H,9,11,15H2,1-3H3. The largest absolute Gasteiger partial charge is 0.352 e. The molecule has 0 saturated carbocycles. The Morgan fingerprint density at radius 1 is 0.971 bits per heavy atom. The number of thiophene rings is 1. The van der Waals surface area contributed by atoms with E-state index in [0.29, 0.717) is 28.7 Å². The van der Waals surface area contributed by atoms with Crippen molar-refractivity contribution in [3.05, 3.63) is 103 Å². The van der Waals surface area contributed by atoms with Gasteiger partial charge in [-0.2, -0.15) is 0 Å². The minimum atomic E-state index is -0.429. The number of aromatic nitrogens is 4. The third-order valence-electron chi connectivity index (χ3n) is 6.29. The van der Waals surface area contributed by atoms with Gasteiger partial charge in [0.15, 0.2) is 5.78 Å². The molecule has 34 heavy (non-hydrogen) atoms. The van der Waals surface area contributed by atoms with Gasteiger partial charge in [0.05, 0.1) is 5.52 Å². The van der Waals surface area contributed by atoms with Crippen LogP contribution >= 0.6 is 11.3 Å². The number of carbonyl (C=O) groups excluding carboxylic acids is 1. The zero-order valence-corrected chi connectivity index (χ0v) is 20.1. The fraction of sp³-hybridized carbons (Fsp3) is 0.231. The first-order valence-corrected chi connectivity index (χ1v) is 12.0. The number of fused-ring (bicyclic) bond motifs is 3. The van der Waals surface area contributed by atoms with Crippen molar-refractivity contribution in [3.63, 3.8) is 0 Å². The van der Waals surface area contributed by atoms with Crippen LogP contribution in [0.1, 0.15) is 32.6 Å². The SMILES string of the molecule is Cc1cc(C)c(C(=O)Cn2nc3n(CCc4ccccc4)c(=O)c4sccc4n3c2=O)cc1C. The summed E-state index contributed by atoms with van der Waals surface area (Å²) in [6.07, 6.45) is 0.620. The van der Waals surface area contributed by atoms with Crippen LogP contribution in [-0.4, -0.2) is 24.5 Å². The molecule has 5 aromatic rings. The predicted molar refractivity (Wildman–Crippen MR) is 134 cm³/mol. The highest BCUT2D eigenvalue weighted by atomic mass is 32.1. The molecule has 0 spiro atoms. The van der Waals surface area contributed by atoms with Crippen molar-refractivity contribution in [2.24, 2.45) is 0 Å². The highest BCUT2D eigenvalue weighted by molar-refractivity contribution is 7.17. The normalized spacial score (nSPS) is 11.5. The lowest BCUT2D eigenvalue weighted by Crippen LogP contribution is -2.27. The molecular formula is C26H24N4O3S. The highest BCUT2D eigenvalue weighted by Crippen LogP contribution is 2.19. The predicted octanol–water partition coefficient (Wildman–Crippen LogP) is 3.92. The van der Waals surface area contributed by atoms with Gasteiger partial charge in [0.25, 0.3) is 5.56 Å². The molecule has 0 aliphatic carbocycles. The fourth-order valence-electron chi connectivity index (χ4n) is 4.31. The third kappa shape index (κ3) is 3.70. The zero-order valence-electron chi connectivity index (χ0n) is 19.2. The van der Waals surface area contributed by atoms with Gasteiger partial charge in [-0.3, -0.25) is 14.2 Å². The van der Waals surface area contributed by atoms with Gasteiger partial charge in [-0.1, -0.05) is 36.4 Å². The minimum Gasteiger partial charge on any atom is -0.292 e. The Hall–Kier alpha value is -3.78. The third-order valence-corrected chi connectivity index (χ3v) is 7.18. The van der Waals surface area contributed by atoms with Crippen molar-refractivity contribution in [1.82, 2.24) is 18.7 Å². The Labute approximate surface area is 199 Å². The van der Waals surface area contributed by atoms with Crippen molar-refractivity contribution in [3.8, 4) is 0 Å². The van der Waals surface area contributed by atoms with E-state index in [1.165, 1.54) is 25.0 Å². The number of carbonyl (C=O) groups is 1. The first kappa shape index (κ1) is 22.0. The van der Waals surface area contributed by atoms with Crippen LogP contribution in [0.15, 0.2) is 63.5 Å². The van der Waals surface area contributed by atoms with E-state index < -0.39 is 5.69 Å². The van der Waals surface area contributed by atoms with Gasteiger partial charge in [-0.25, -0.2) is 13.9 Å². The number of hydrogen-bond acceptors (Lipinski definition) is 5. The topological polar surface area (TPSA) is 78.4 Å². The quantitative estimate of drug-likeness (QED) is 0.351. The molecule has 0 radical (unpaired) electrons. The molecule has 0 aliphatic heterocycles. The summed E-state index contributed by atoms with van der Waals surface area (Å²) in [4.78, 5) is 39.7. The Kier molecular flexibility index (Phi) is 5.53. The van der Waals surface area contributed by atoms with Crippen molar-refractivity contribution < 1.29 is 4.79 Å². The molecular weight excluding hydrogens is 448 g/mol. The van der Waals surface area contributed by atoms with Gasteiger partial charge in [0, 0.05) is 12.1 Å².